The lowest BCUT2D eigenvalue weighted by atomic mass is 10.1. The Morgan fingerprint density at radius 3 is 2.11 bits per heavy atom. The zero-order valence-corrected chi connectivity index (χ0v) is 6.22. The number of hydrogen-bond acceptors (Lipinski definition) is 2. The molecule has 54 valence electrons. The first kappa shape index (κ1) is 8.50. The molecule has 0 heterocycles. The van der Waals surface area contributed by atoms with Crippen LogP contribution in [0.3, 0.4) is 0 Å². The molecule has 0 spiro atoms. The van der Waals surface area contributed by atoms with E-state index in [0.29, 0.717) is 5.76 Å². The Morgan fingerprint density at radius 1 is 1.56 bits per heavy atom. The minimum atomic E-state index is -0.377. The minimum absolute atomic E-state index is 0.0231. The van der Waals surface area contributed by atoms with Crippen molar-refractivity contribution in [1.82, 2.24) is 0 Å². The van der Waals surface area contributed by atoms with Gasteiger partial charge in [-0.05, 0) is 6.92 Å². The van der Waals surface area contributed by atoms with E-state index in [1.165, 1.54) is 0 Å². The Kier molecular flexibility index (Phi) is 3.32. The van der Waals surface area contributed by atoms with Gasteiger partial charge >= 0.3 is 0 Å². The molecule has 2 nitrogen and oxygen atoms in total. The number of methoxy groups -OCH3 is 1. The molecular formula is C7H14O2. The second-order valence-corrected chi connectivity index (χ2v) is 2.20. The van der Waals surface area contributed by atoms with Crippen LogP contribution in [-0.4, -0.2) is 18.3 Å². The van der Waals surface area contributed by atoms with Gasteiger partial charge in [0.1, 0.15) is 0 Å². The first-order chi connectivity index (χ1) is 4.09. The van der Waals surface area contributed by atoms with Crippen LogP contribution in [0, 0.1) is 5.92 Å². The third-order valence-electron chi connectivity index (χ3n) is 1.49. The van der Waals surface area contributed by atoms with E-state index in [0.717, 1.165) is 0 Å². The molecule has 0 aromatic heterocycles. The molecule has 0 aromatic carbocycles. The van der Waals surface area contributed by atoms with E-state index < -0.39 is 0 Å². The molecule has 2 heteroatoms. The Hall–Kier alpha value is -0.500. The number of rotatable bonds is 3. The summed E-state index contributed by atoms with van der Waals surface area (Å²) in [6, 6.07) is 0. The van der Waals surface area contributed by atoms with Gasteiger partial charge in [-0.15, -0.1) is 0 Å². The molecule has 0 radical (unpaired) electrons. The van der Waals surface area contributed by atoms with Crippen LogP contribution in [0.4, 0.5) is 0 Å². The van der Waals surface area contributed by atoms with Gasteiger partial charge in [0.15, 0.2) is 0 Å². The summed E-state index contributed by atoms with van der Waals surface area (Å²) in [6.45, 7) is 7.20. The van der Waals surface area contributed by atoms with E-state index in [1.54, 1.807) is 14.0 Å². The van der Waals surface area contributed by atoms with E-state index in [2.05, 4.69) is 6.58 Å². The van der Waals surface area contributed by atoms with Crippen molar-refractivity contribution >= 4 is 0 Å². The van der Waals surface area contributed by atoms with Crippen LogP contribution in [-0.2, 0) is 4.74 Å². The normalized spacial score (nSPS) is 16.4. The molecule has 0 aliphatic carbocycles. The smallest absolute Gasteiger partial charge is 0.0937 e. The molecular weight excluding hydrogens is 116 g/mol. The zero-order valence-electron chi connectivity index (χ0n) is 6.22. The fourth-order valence-corrected chi connectivity index (χ4v) is 0.455. The van der Waals surface area contributed by atoms with Crippen molar-refractivity contribution in [2.24, 2.45) is 5.92 Å². The quantitative estimate of drug-likeness (QED) is 0.581. The number of ether oxygens (including phenoxy) is 1. The molecule has 1 N–H and O–H groups in total. The van der Waals surface area contributed by atoms with Gasteiger partial charge in [-0.2, -0.15) is 0 Å². The highest BCUT2D eigenvalue weighted by Crippen LogP contribution is 2.12. The largest absolute Gasteiger partial charge is 0.501 e. The van der Waals surface area contributed by atoms with E-state index in [1.807, 2.05) is 6.92 Å². The summed E-state index contributed by atoms with van der Waals surface area (Å²) in [5, 5.41) is 8.98. The van der Waals surface area contributed by atoms with Gasteiger partial charge in [-0.3, -0.25) is 0 Å². The summed E-state index contributed by atoms with van der Waals surface area (Å²) in [6.07, 6.45) is -0.377. The van der Waals surface area contributed by atoms with Crippen molar-refractivity contribution in [2.45, 2.75) is 20.0 Å². The maximum atomic E-state index is 8.98. The molecule has 0 saturated carbocycles. The third-order valence-corrected chi connectivity index (χ3v) is 1.49. The van der Waals surface area contributed by atoms with Crippen LogP contribution < -0.4 is 0 Å². The average molecular weight is 130 g/mol. The van der Waals surface area contributed by atoms with Crippen molar-refractivity contribution in [2.75, 3.05) is 7.11 Å². The Bertz CT molecular complexity index is 97.1. The highest BCUT2D eigenvalue weighted by molar-refractivity contribution is 4.90. The van der Waals surface area contributed by atoms with E-state index in [-0.39, 0.29) is 12.0 Å². The minimum Gasteiger partial charge on any atom is -0.501 e. The van der Waals surface area contributed by atoms with E-state index in [9.17, 15) is 0 Å². The SMILES string of the molecule is C=C(OC)C(C)C(C)O. The summed E-state index contributed by atoms with van der Waals surface area (Å²) < 4.78 is 4.82. The fraction of sp³-hybridized carbons (Fsp3) is 0.714. The number of aliphatic hydroxyl groups excluding tert-OH is 1. The molecule has 0 aliphatic rings. The maximum absolute atomic E-state index is 8.98. The Balaban J connectivity index is 3.72. The summed E-state index contributed by atoms with van der Waals surface area (Å²) >= 11 is 0. The van der Waals surface area contributed by atoms with Gasteiger partial charge in [0.25, 0.3) is 0 Å². The highest BCUT2D eigenvalue weighted by atomic mass is 16.5. The summed E-state index contributed by atoms with van der Waals surface area (Å²) in [4.78, 5) is 0. The monoisotopic (exact) mass is 130 g/mol. The molecule has 0 bridgehead atoms. The van der Waals surface area contributed by atoms with Crippen LogP contribution in [0.2, 0.25) is 0 Å². The topological polar surface area (TPSA) is 29.5 Å². The first-order valence-corrected chi connectivity index (χ1v) is 3.00. The summed E-state index contributed by atoms with van der Waals surface area (Å²) in [5.41, 5.74) is 0. The molecule has 0 aromatic rings. The molecule has 0 saturated heterocycles. The maximum Gasteiger partial charge on any atom is 0.0937 e. The molecule has 9 heavy (non-hydrogen) atoms. The Labute approximate surface area is 56.1 Å². The third kappa shape index (κ3) is 2.51. The van der Waals surface area contributed by atoms with Crippen molar-refractivity contribution in [3.8, 4) is 0 Å². The molecule has 0 fully saturated rings. The standard InChI is InChI=1S/C7H14O2/c1-5(6(2)8)7(3)9-4/h5-6,8H,3H2,1-2,4H3. The second-order valence-electron chi connectivity index (χ2n) is 2.20. The lowest BCUT2D eigenvalue weighted by Gasteiger charge is -2.15. The lowest BCUT2D eigenvalue weighted by molar-refractivity contribution is 0.114. The van der Waals surface area contributed by atoms with Crippen molar-refractivity contribution < 1.29 is 9.84 Å². The number of aliphatic hydroxyl groups is 1. The van der Waals surface area contributed by atoms with Crippen LogP contribution in [0.1, 0.15) is 13.8 Å². The van der Waals surface area contributed by atoms with E-state index >= 15 is 0 Å². The van der Waals surface area contributed by atoms with Gasteiger partial charge in [0.2, 0.25) is 0 Å². The van der Waals surface area contributed by atoms with Gasteiger partial charge in [-0.25, -0.2) is 0 Å². The molecule has 0 aliphatic heterocycles. The van der Waals surface area contributed by atoms with Gasteiger partial charge in [-0.1, -0.05) is 13.5 Å². The van der Waals surface area contributed by atoms with E-state index in [4.69, 9.17) is 9.84 Å². The Morgan fingerprint density at radius 2 is 2.00 bits per heavy atom. The summed E-state index contributed by atoms with van der Waals surface area (Å²) in [7, 11) is 1.56. The molecule has 0 amide bonds. The van der Waals surface area contributed by atoms with Crippen LogP contribution in [0.15, 0.2) is 12.3 Å². The number of hydrogen-bond donors (Lipinski definition) is 1. The van der Waals surface area contributed by atoms with Gasteiger partial charge in [0, 0.05) is 5.92 Å². The molecule has 2 atom stereocenters. The summed E-state index contributed by atoms with van der Waals surface area (Å²) in [5.74, 6) is 0.653. The van der Waals surface area contributed by atoms with Crippen LogP contribution in [0.5, 0.6) is 0 Å². The second kappa shape index (κ2) is 3.51. The average Bonchev–Trinajstić information content (AvgIpc) is 1.84. The van der Waals surface area contributed by atoms with Gasteiger partial charge in [0.05, 0.1) is 19.0 Å². The van der Waals surface area contributed by atoms with Crippen molar-refractivity contribution in [3.05, 3.63) is 12.3 Å². The fourth-order valence-electron chi connectivity index (χ4n) is 0.455. The van der Waals surface area contributed by atoms with Crippen molar-refractivity contribution in [3.63, 3.8) is 0 Å². The highest BCUT2D eigenvalue weighted by Gasteiger charge is 2.11. The predicted octanol–water partition coefficient (Wildman–Crippen LogP) is 1.16. The van der Waals surface area contributed by atoms with Gasteiger partial charge < -0.3 is 9.84 Å². The van der Waals surface area contributed by atoms with Crippen molar-refractivity contribution in [1.29, 1.82) is 0 Å². The zero-order chi connectivity index (χ0) is 7.44. The first-order valence-electron chi connectivity index (χ1n) is 3.00. The van der Waals surface area contributed by atoms with Crippen LogP contribution >= 0.6 is 0 Å². The predicted molar refractivity (Wildman–Crippen MR) is 37.0 cm³/mol. The molecule has 0 rings (SSSR count). The molecule has 2 unspecified atom stereocenters. The van der Waals surface area contributed by atoms with Crippen LogP contribution in [0.25, 0.3) is 0 Å². The lowest BCUT2D eigenvalue weighted by Crippen LogP contribution is -2.15.